The first-order valence-corrected chi connectivity index (χ1v) is 23.2. The van der Waals surface area contributed by atoms with Gasteiger partial charge in [-0.2, -0.15) is 0 Å². The Balaban J connectivity index is 0.000000182. The second kappa shape index (κ2) is 13.8. The van der Waals surface area contributed by atoms with Crippen LogP contribution in [0, 0.1) is 24.5 Å². The zero-order chi connectivity index (χ0) is 32.6. The molecule has 0 N–H and O–H groups in total. The van der Waals surface area contributed by atoms with Crippen LogP contribution in [0.1, 0.15) is 38.4 Å². The first kappa shape index (κ1) is 34.7. The Morgan fingerprint density at radius 3 is 2.45 bits per heavy atom. The van der Waals surface area contributed by atoms with Gasteiger partial charge in [0, 0.05) is 44.4 Å². The van der Waals surface area contributed by atoms with Crippen molar-refractivity contribution >= 4 is 50.8 Å². The molecule has 0 saturated heterocycles. The molecule has 1 radical (unpaired) electrons. The Morgan fingerprint density at radius 2 is 1.72 bits per heavy atom. The summed E-state index contributed by atoms with van der Waals surface area (Å²) in [7, 11) is 1.99. The minimum absolute atomic E-state index is 0. The van der Waals surface area contributed by atoms with Crippen LogP contribution in [0.3, 0.4) is 0 Å². The van der Waals surface area contributed by atoms with Crippen molar-refractivity contribution in [1.29, 1.82) is 0 Å². The van der Waals surface area contributed by atoms with E-state index < -0.39 is 13.3 Å². The molecule has 7 aromatic rings. The molecule has 0 atom stereocenters. The minimum Gasteiger partial charge on any atom is -0.458 e. The minimum atomic E-state index is -1.91. The maximum absolute atomic E-state index is 5.87. The van der Waals surface area contributed by atoms with Gasteiger partial charge in [0.25, 0.3) is 0 Å². The van der Waals surface area contributed by atoms with Crippen LogP contribution in [-0.4, -0.2) is 37.8 Å². The molecular weight excluding hydrogens is 819 g/mol. The molecule has 2 aromatic carbocycles. The molecule has 0 bridgehead atoms. The summed E-state index contributed by atoms with van der Waals surface area (Å²) in [5.41, 5.74) is 9.18. The number of benzene rings is 2. The summed E-state index contributed by atoms with van der Waals surface area (Å²) in [6, 6.07) is 26.9. The predicted molar refractivity (Wildman–Crippen MR) is 192 cm³/mol. The van der Waals surface area contributed by atoms with Gasteiger partial charge in [0.2, 0.25) is 5.71 Å². The number of rotatable bonds is 6. The molecular formula is C39H41GeIrN5O-2. The Bertz CT molecular complexity index is 2160. The van der Waals surface area contributed by atoms with E-state index in [1.807, 2.05) is 67.2 Å². The molecule has 5 heterocycles. The molecule has 6 nitrogen and oxygen atoms in total. The van der Waals surface area contributed by atoms with Gasteiger partial charge < -0.3 is 8.98 Å². The molecule has 0 amide bonds. The second-order valence-corrected chi connectivity index (χ2v) is 24.4. The number of nitrogens with zero attached hydrogens (tertiary/aromatic N) is 5. The monoisotopic (exact) mass is 862 g/mol. The van der Waals surface area contributed by atoms with Crippen molar-refractivity contribution in [2.45, 2.75) is 57.8 Å². The van der Waals surface area contributed by atoms with Crippen LogP contribution in [0.5, 0.6) is 0 Å². The van der Waals surface area contributed by atoms with E-state index in [9.17, 15) is 0 Å². The number of hydrogen-bond donors (Lipinski definition) is 0. The zero-order valence-corrected chi connectivity index (χ0v) is 32.9. The maximum atomic E-state index is 5.87. The van der Waals surface area contributed by atoms with E-state index in [-0.39, 0.29) is 20.1 Å². The van der Waals surface area contributed by atoms with Crippen molar-refractivity contribution < 1.29 is 24.5 Å². The van der Waals surface area contributed by atoms with Crippen molar-refractivity contribution in [3.8, 4) is 22.6 Å². The van der Waals surface area contributed by atoms with E-state index >= 15 is 0 Å². The third kappa shape index (κ3) is 7.43. The second-order valence-electron chi connectivity index (χ2n) is 13.8. The molecule has 47 heavy (non-hydrogen) atoms. The number of imidazole rings is 1. The summed E-state index contributed by atoms with van der Waals surface area (Å²) in [4.78, 5) is 18.1. The number of aryl methyl sites for hydroxylation is 2. The number of hydrogen-bond acceptors (Lipinski definition) is 5. The van der Waals surface area contributed by atoms with E-state index in [1.165, 1.54) is 12.0 Å². The van der Waals surface area contributed by atoms with E-state index in [0.717, 1.165) is 62.1 Å². The number of fused-ring (bicyclic) bond motifs is 4. The van der Waals surface area contributed by atoms with Gasteiger partial charge in [-0.05, 0) is 19.1 Å². The summed E-state index contributed by atoms with van der Waals surface area (Å²) in [6.45, 7) is 8.97. The van der Waals surface area contributed by atoms with E-state index in [2.05, 4.69) is 84.5 Å². The molecule has 0 spiro atoms. The molecule has 5 aromatic heterocycles. The van der Waals surface area contributed by atoms with Gasteiger partial charge >= 0.3 is 138 Å². The standard InChI is InChI=1S/C20H28GeN.C19H13N4O.Ir/c1-7-20(2,3)14-17-13-19(16-11-9-8-10-12-16)22-15-18(17)21(4,5)6;1-11-8-15-16(10-21-11)23(2)18(22-15)12-5-6-13-14-4-3-7-20-19(14)24-17(13)9-12;/h8-11,13,15H,7,14H2,1-6H3;3-4,6-10H,1-2H3;/q2*-1;. The average molecular weight is 861 g/mol. The Hall–Kier alpha value is -3.65. The van der Waals surface area contributed by atoms with Gasteiger partial charge in [0.05, 0.1) is 28.6 Å². The summed E-state index contributed by atoms with van der Waals surface area (Å²) < 4.78 is 9.44. The van der Waals surface area contributed by atoms with Gasteiger partial charge in [-0.1, -0.05) is 17.5 Å². The van der Waals surface area contributed by atoms with Crippen LogP contribution in [-0.2, 0) is 33.6 Å². The molecule has 0 aliphatic heterocycles. The van der Waals surface area contributed by atoms with E-state index in [1.54, 1.807) is 10.6 Å². The van der Waals surface area contributed by atoms with E-state index in [0.29, 0.717) is 11.1 Å². The molecule has 8 heteroatoms. The number of aromatic nitrogens is 5. The van der Waals surface area contributed by atoms with Crippen LogP contribution >= 0.6 is 0 Å². The third-order valence-corrected chi connectivity index (χ3v) is 13.1. The van der Waals surface area contributed by atoms with Gasteiger partial charge in [0.1, 0.15) is 0 Å². The molecule has 243 valence electrons. The summed E-state index contributed by atoms with van der Waals surface area (Å²) in [6.07, 6.45) is 8.06. The van der Waals surface area contributed by atoms with Gasteiger partial charge in [-0.25, -0.2) is 4.98 Å². The van der Waals surface area contributed by atoms with Crippen molar-refractivity contribution in [2.75, 3.05) is 0 Å². The molecule has 0 unspecified atom stereocenters. The first-order chi connectivity index (χ1) is 21.9. The molecule has 0 aliphatic carbocycles. The topological polar surface area (TPSA) is 69.6 Å². The van der Waals surface area contributed by atoms with Gasteiger partial charge in [0.15, 0.2) is 0 Å². The van der Waals surface area contributed by atoms with Crippen molar-refractivity contribution in [3.63, 3.8) is 0 Å². The third-order valence-electron chi connectivity index (χ3n) is 8.73. The van der Waals surface area contributed by atoms with Crippen molar-refractivity contribution in [1.82, 2.24) is 24.5 Å². The number of furan rings is 1. The maximum Gasteiger partial charge on any atom is 0.215 e. The summed E-state index contributed by atoms with van der Waals surface area (Å²) >= 11 is -1.91. The fraction of sp³-hybridized carbons (Fsp3) is 0.282. The largest absolute Gasteiger partial charge is 0.458 e. The molecule has 0 aliphatic rings. The fourth-order valence-electron chi connectivity index (χ4n) is 5.77. The molecule has 0 fully saturated rings. The fourth-order valence-corrected chi connectivity index (χ4v) is 9.07. The predicted octanol–water partition coefficient (Wildman–Crippen LogP) is 9.11. The van der Waals surface area contributed by atoms with Crippen LogP contribution in [0.15, 0.2) is 83.7 Å². The van der Waals surface area contributed by atoms with Crippen molar-refractivity contribution in [3.05, 3.63) is 103 Å². The molecule has 7 rings (SSSR count). The van der Waals surface area contributed by atoms with Gasteiger partial charge in [-0.3, -0.25) is 9.97 Å². The van der Waals surface area contributed by atoms with Crippen LogP contribution < -0.4 is 4.40 Å². The first-order valence-electron chi connectivity index (χ1n) is 15.9. The molecule has 0 saturated carbocycles. The quantitative estimate of drug-likeness (QED) is 0.123. The van der Waals surface area contributed by atoms with Crippen LogP contribution in [0.2, 0.25) is 17.3 Å². The average Bonchev–Trinajstić information content (AvgIpc) is 3.57. The van der Waals surface area contributed by atoms with E-state index in [4.69, 9.17) is 14.4 Å². The Kier molecular flexibility index (Phi) is 10.2. The SMILES string of the molecule is CCC(C)(C)Cc1cc(-c2[c-]cccc2)nc[c]1[Ge]([CH3])([CH3])[CH3].Cc1cc2nc(-c3[c-]cc4c(c3)oc3ncccc34)n(C)c2cn1.[Ir]. The smallest absolute Gasteiger partial charge is 0.215 e. The van der Waals surface area contributed by atoms with Gasteiger partial charge in [-0.15, -0.1) is 17.7 Å². The zero-order valence-electron chi connectivity index (χ0n) is 28.4. The number of pyridine rings is 3. The van der Waals surface area contributed by atoms with Crippen LogP contribution in [0.25, 0.3) is 55.7 Å². The summed E-state index contributed by atoms with van der Waals surface area (Å²) in [5, 5.41) is 2.01. The summed E-state index contributed by atoms with van der Waals surface area (Å²) in [5.74, 6) is 8.20. The van der Waals surface area contributed by atoms with Crippen molar-refractivity contribution in [2.24, 2.45) is 12.5 Å². The van der Waals surface area contributed by atoms with Crippen LogP contribution in [0.4, 0.5) is 0 Å². The Labute approximate surface area is 293 Å². The Morgan fingerprint density at radius 1 is 0.915 bits per heavy atom. The normalized spacial score (nSPS) is 11.8.